The van der Waals surface area contributed by atoms with Gasteiger partial charge in [-0.25, -0.2) is 0 Å². The van der Waals surface area contributed by atoms with E-state index in [1.165, 1.54) is 0 Å². The maximum absolute atomic E-state index is 11.1. The summed E-state index contributed by atoms with van der Waals surface area (Å²) < 4.78 is 0.585. The van der Waals surface area contributed by atoms with E-state index in [1.54, 1.807) is 18.2 Å². The topological polar surface area (TPSA) is 92.4 Å². The highest BCUT2D eigenvalue weighted by Crippen LogP contribution is 2.22. The number of rotatable bonds is 6. The van der Waals surface area contributed by atoms with Gasteiger partial charge in [0.2, 0.25) is 5.91 Å². The van der Waals surface area contributed by atoms with E-state index in [-0.39, 0.29) is 5.92 Å². The molecule has 104 valence electrons. The van der Waals surface area contributed by atoms with Gasteiger partial charge in [0.05, 0.1) is 11.5 Å². The molecule has 0 aliphatic carbocycles. The van der Waals surface area contributed by atoms with Crippen LogP contribution in [0.15, 0.2) is 22.7 Å². The number of aliphatic carboxylic acids is 1. The van der Waals surface area contributed by atoms with Crippen LogP contribution in [-0.2, 0) is 4.79 Å². The smallest absolute Gasteiger partial charge is 0.308 e. The molecular weight excluding hydrogens is 312 g/mol. The predicted octanol–water partition coefficient (Wildman–Crippen LogP) is 2.32. The Morgan fingerprint density at radius 3 is 2.47 bits per heavy atom. The molecule has 6 heteroatoms. The highest BCUT2D eigenvalue weighted by atomic mass is 79.9. The van der Waals surface area contributed by atoms with Gasteiger partial charge in [-0.05, 0) is 40.0 Å². The van der Waals surface area contributed by atoms with Crippen molar-refractivity contribution in [2.24, 2.45) is 17.6 Å². The first kappa shape index (κ1) is 15.5. The molecule has 19 heavy (non-hydrogen) atoms. The van der Waals surface area contributed by atoms with Crippen LogP contribution in [0.4, 0.5) is 5.69 Å². The lowest BCUT2D eigenvalue weighted by atomic mass is 9.96. The fraction of sp³-hybridized carbons (Fsp3) is 0.385. The van der Waals surface area contributed by atoms with Crippen LogP contribution in [0.3, 0.4) is 0 Å². The second-order valence-corrected chi connectivity index (χ2v) is 5.48. The van der Waals surface area contributed by atoms with Gasteiger partial charge in [0.1, 0.15) is 0 Å². The van der Waals surface area contributed by atoms with Gasteiger partial charge in [-0.15, -0.1) is 0 Å². The summed E-state index contributed by atoms with van der Waals surface area (Å²) >= 11 is 3.26. The van der Waals surface area contributed by atoms with Crippen molar-refractivity contribution in [2.45, 2.75) is 13.8 Å². The summed E-state index contributed by atoms with van der Waals surface area (Å²) in [6.45, 7) is 4.06. The lowest BCUT2D eigenvalue weighted by molar-refractivity contribution is -0.142. The number of carbonyl (C=O) groups is 2. The van der Waals surface area contributed by atoms with E-state index in [1.807, 2.05) is 13.8 Å². The number of carboxylic acid groups (broad SMARTS) is 1. The fourth-order valence-electron chi connectivity index (χ4n) is 1.66. The lowest BCUT2D eigenvalue weighted by Gasteiger charge is -2.17. The fourth-order valence-corrected chi connectivity index (χ4v) is 2.24. The number of hydrogen-bond donors (Lipinski definition) is 3. The van der Waals surface area contributed by atoms with Gasteiger partial charge < -0.3 is 16.2 Å². The number of carbonyl (C=O) groups excluding carboxylic acids is 1. The van der Waals surface area contributed by atoms with Gasteiger partial charge in [0.25, 0.3) is 0 Å². The van der Waals surface area contributed by atoms with Crippen LogP contribution < -0.4 is 11.1 Å². The molecule has 4 N–H and O–H groups in total. The van der Waals surface area contributed by atoms with Crippen molar-refractivity contribution >= 4 is 33.5 Å². The summed E-state index contributed by atoms with van der Waals surface area (Å²) in [6, 6.07) is 5.00. The average molecular weight is 329 g/mol. The largest absolute Gasteiger partial charge is 0.481 e. The zero-order chi connectivity index (χ0) is 14.6. The van der Waals surface area contributed by atoms with E-state index in [9.17, 15) is 9.59 Å². The summed E-state index contributed by atoms with van der Waals surface area (Å²) in [5.41, 5.74) is 6.33. The number of halogens is 1. The van der Waals surface area contributed by atoms with Crippen LogP contribution in [0.25, 0.3) is 0 Å². The molecule has 5 nitrogen and oxygen atoms in total. The Balaban J connectivity index is 2.76. The molecule has 0 saturated carbocycles. The van der Waals surface area contributed by atoms with Gasteiger partial charge in [0, 0.05) is 16.7 Å². The number of nitrogens with two attached hydrogens (primary N) is 1. The van der Waals surface area contributed by atoms with Crippen LogP contribution >= 0.6 is 15.9 Å². The van der Waals surface area contributed by atoms with Crippen molar-refractivity contribution in [2.75, 3.05) is 11.9 Å². The Morgan fingerprint density at radius 2 is 2.05 bits per heavy atom. The maximum Gasteiger partial charge on any atom is 0.308 e. The molecule has 0 aliphatic rings. The van der Waals surface area contributed by atoms with E-state index >= 15 is 0 Å². The van der Waals surface area contributed by atoms with Gasteiger partial charge >= 0.3 is 5.97 Å². The number of amides is 1. The number of primary amides is 1. The standard InChI is InChI=1S/C13H17BrN2O3/c1-7(2)10(13(18)19)6-16-8-3-4-9(12(15)17)11(14)5-8/h3-5,7,10,16H,6H2,1-2H3,(H2,15,17)(H,18,19). The molecule has 1 atom stereocenters. The van der Waals surface area contributed by atoms with Crippen LogP contribution in [0, 0.1) is 11.8 Å². The van der Waals surface area contributed by atoms with Crippen molar-refractivity contribution in [1.29, 1.82) is 0 Å². The van der Waals surface area contributed by atoms with Gasteiger partial charge in [-0.2, -0.15) is 0 Å². The second kappa shape index (κ2) is 6.56. The molecule has 0 radical (unpaired) electrons. The maximum atomic E-state index is 11.1. The molecule has 0 aromatic heterocycles. The molecule has 1 rings (SSSR count). The van der Waals surface area contributed by atoms with Crippen LogP contribution in [0.1, 0.15) is 24.2 Å². The molecule has 1 aromatic carbocycles. The van der Waals surface area contributed by atoms with E-state index in [0.29, 0.717) is 16.6 Å². The third-order valence-corrected chi connectivity index (χ3v) is 3.54. The molecule has 0 fully saturated rings. The van der Waals surface area contributed by atoms with E-state index in [0.717, 1.165) is 5.69 Å². The zero-order valence-corrected chi connectivity index (χ0v) is 12.4. The Hall–Kier alpha value is -1.56. The van der Waals surface area contributed by atoms with Crippen molar-refractivity contribution in [3.63, 3.8) is 0 Å². The second-order valence-electron chi connectivity index (χ2n) is 4.63. The third kappa shape index (κ3) is 4.24. The molecule has 1 aromatic rings. The summed E-state index contributed by atoms with van der Waals surface area (Å²) in [4.78, 5) is 22.1. The number of anilines is 1. The van der Waals surface area contributed by atoms with Crippen molar-refractivity contribution in [3.05, 3.63) is 28.2 Å². The Kier molecular flexibility index (Phi) is 5.35. The summed E-state index contributed by atoms with van der Waals surface area (Å²) in [6.07, 6.45) is 0. The third-order valence-electron chi connectivity index (χ3n) is 2.88. The normalized spacial score (nSPS) is 12.2. The van der Waals surface area contributed by atoms with E-state index in [2.05, 4.69) is 21.2 Å². The average Bonchev–Trinajstić information content (AvgIpc) is 2.27. The summed E-state index contributed by atoms with van der Waals surface area (Å²) in [7, 11) is 0. The monoisotopic (exact) mass is 328 g/mol. The SMILES string of the molecule is CC(C)C(CNc1ccc(C(N)=O)c(Br)c1)C(=O)O. The highest BCUT2D eigenvalue weighted by Gasteiger charge is 2.21. The Morgan fingerprint density at radius 1 is 1.42 bits per heavy atom. The molecule has 1 amide bonds. The van der Waals surface area contributed by atoms with Gasteiger partial charge in [0.15, 0.2) is 0 Å². The predicted molar refractivity (Wildman–Crippen MR) is 77.1 cm³/mol. The molecule has 0 heterocycles. The van der Waals surface area contributed by atoms with Crippen molar-refractivity contribution < 1.29 is 14.7 Å². The quantitative estimate of drug-likeness (QED) is 0.747. The van der Waals surface area contributed by atoms with Crippen molar-refractivity contribution in [3.8, 4) is 0 Å². The van der Waals surface area contributed by atoms with Gasteiger partial charge in [-0.3, -0.25) is 9.59 Å². The minimum atomic E-state index is -0.824. The summed E-state index contributed by atoms with van der Waals surface area (Å²) in [5, 5.41) is 12.1. The minimum absolute atomic E-state index is 0.0401. The first-order valence-electron chi connectivity index (χ1n) is 5.89. The molecule has 0 saturated heterocycles. The number of benzene rings is 1. The minimum Gasteiger partial charge on any atom is -0.481 e. The van der Waals surface area contributed by atoms with Gasteiger partial charge in [-0.1, -0.05) is 13.8 Å². The number of carboxylic acids is 1. The molecule has 0 aliphatic heterocycles. The number of nitrogens with one attached hydrogen (secondary N) is 1. The van der Waals surface area contributed by atoms with E-state index in [4.69, 9.17) is 10.8 Å². The number of hydrogen-bond acceptors (Lipinski definition) is 3. The highest BCUT2D eigenvalue weighted by molar-refractivity contribution is 9.10. The molecule has 0 spiro atoms. The molecule has 0 bridgehead atoms. The molecular formula is C13H17BrN2O3. The summed E-state index contributed by atoms with van der Waals surface area (Å²) in [5.74, 6) is -1.76. The van der Waals surface area contributed by atoms with Crippen LogP contribution in [0.2, 0.25) is 0 Å². The first-order chi connectivity index (χ1) is 8.82. The first-order valence-corrected chi connectivity index (χ1v) is 6.68. The zero-order valence-electron chi connectivity index (χ0n) is 10.8. The lowest BCUT2D eigenvalue weighted by Crippen LogP contribution is -2.27. The van der Waals surface area contributed by atoms with E-state index < -0.39 is 17.8 Å². The Bertz CT molecular complexity index is 489. The van der Waals surface area contributed by atoms with Crippen molar-refractivity contribution in [1.82, 2.24) is 0 Å². The van der Waals surface area contributed by atoms with Crippen LogP contribution in [0.5, 0.6) is 0 Å². The Labute approximate surface area is 120 Å². The molecule has 1 unspecified atom stereocenters. The van der Waals surface area contributed by atoms with Crippen LogP contribution in [-0.4, -0.2) is 23.5 Å².